The van der Waals surface area contributed by atoms with Crippen molar-refractivity contribution in [3.63, 3.8) is 0 Å². The van der Waals surface area contributed by atoms with E-state index < -0.39 is 5.97 Å². The second-order valence-corrected chi connectivity index (χ2v) is 6.29. The molecule has 3 N–H and O–H groups in total. The monoisotopic (exact) mass is 308 g/mol. The van der Waals surface area contributed by atoms with Gasteiger partial charge in [0, 0.05) is 11.7 Å². The van der Waals surface area contributed by atoms with Gasteiger partial charge >= 0.3 is 12.0 Å². The average molecular weight is 309 g/mol. The molecule has 0 saturated heterocycles. The topological polar surface area (TPSA) is 78.4 Å². The average Bonchev–Trinajstić information content (AvgIpc) is 3.00. The second-order valence-electron chi connectivity index (χ2n) is 5.88. The van der Waals surface area contributed by atoms with Crippen LogP contribution in [0.25, 0.3) is 0 Å². The maximum atomic E-state index is 12.0. The van der Waals surface area contributed by atoms with Crippen LogP contribution in [0.4, 0.5) is 10.5 Å². The smallest absolute Gasteiger partial charge is 0.337 e. The summed E-state index contributed by atoms with van der Waals surface area (Å²) in [7, 11) is 0. The number of fused-ring (bicyclic) bond motifs is 2. The summed E-state index contributed by atoms with van der Waals surface area (Å²) >= 11 is 5.88. The van der Waals surface area contributed by atoms with E-state index in [1.54, 1.807) is 0 Å². The standard InChI is InChI=1S/C15H17ClN2O3/c16-12-7-10(3-4-11(12)14(19)20)17-15(21)18-13-6-8-1-2-9(13)5-8/h3-4,7-9,13H,1-2,5-6H2,(H,19,20)(H2,17,18,21). The lowest BCUT2D eigenvalue weighted by molar-refractivity contribution is 0.0697. The summed E-state index contributed by atoms with van der Waals surface area (Å²) < 4.78 is 0. The number of hydrogen-bond donors (Lipinski definition) is 3. The first-order valence-corrected chi connectivity index (χ1v) is 7.51. The first-order valence-electron chi connectivity index (χ1n) is 7.13. The van der Waals surface area contributed by atoms with Gasteiger partial charge in [-0.1, -0.05) is 18.0 Å². The van der Waals surface area contributed by atoms with Crippen molar-refractivity contribution in [1.29, 1.82) is 0 Å². The number of anilines is 1. The van der Waals surface area contributed by atoms with E-state index in [1.807, 2.05) is 0 Å². The van der Waals surface area contributed by atoms with Crippen molar-refractivity contribution in [2.75, 3.05) is 5.32 Å². The Bertz CT molecular complexity index is 590. The molecule has 1 aromatic carbocycles. The van der Waals surface area contributed by atoms with Crippen LogP contribution in [0.2, 0.25) is 5.02 Å². The Labute approximate surface area is 127 Å². The molecule has 21 heavy (non-hydrogen) atoms. The van der Waals surface area contributed by atoms with Gasteiger partial charge in [-0.15, -0.1) is 0 Å². The Morgan fingerprint density at radius 1 is 1.24 bits per heavy atom. The van der Waals surface area contributed by atoms with Crippen molar-refractivity contribution in [2.24, 2.45) is 11.8 Å². The number of hydrogen-bond acceptors (Lipinski definition) is 2. The summed E-state index contributed by atoms with van der Waals surface area (Å²) in [6.45, 7) is 0. The molecular formula is C15H17ClN2O3. The number of carboxylic acids is 1. The molecule has 2 aliphatic rings. The lowest BCUT2D eigenvalue weighted by Crippen LogP contribution is -2.40. The zero-order chi connectivity index (χ0) is 15.0. The van der Waals surface area contributed by atoms with Gasteiger partial charge in [-0.3, -0.25) is 0 Å². The molecule has 0 aromatic heterocycles. The molecule has 5 nitrogen and oxygen atoms in total. The molecule has 0 spiro atoms. The summed E-state index contributed by atoms with van der Waals surface area (Å²) in [5.74, 6) is 0.293. The molecule has 2 bridgehead atoms. The van der Waals surface area contributed by atoms with Crippen LogP contribution in [0.1, 0.15) is 36.0 Å². The van der Waals surface area contributed by atoms with Gasteiger partial charge in [-0.2, -0.15) is 0 Å². The normalized spacial score (nSPS) is 26.6. The molecule has 112 valence electrons. The molecule has 0 aliphatic heterocycles. The number of carbonyl (C=O) groups is 2. The number of aromatic carboxylic acids is 1. The number of halogens is 1. The number of carboxylic acid groups (broad SMARTS) is 1. The Hall–Kier alpha value is -1.75. The van der Waals surface area contributed by atoms with Gasteiger partial charge in [0.2, 0.25) is 0 Å². The maximum Gasteiger partial charge on any atom is 0.337 e. The van der Waals surface area contributed by atoms with Gasteiger partial charge in [-0.25, -0.2) is 9.59 Å². The fourth-order valence-electron chi connectivity index (χ4n) is 3.52. The largest absolute Gasteiger partial charge is 0.478 e. The quantitative estimate of drug-likeness (QED) is 0.801. The molecule has 0 heterocycles. The van der Waals surface area contributed by atoms with Crippen LogP contribution in [-0.2, 0) is 0 Å². The number of rotatable bonds is 3. The van der Waals surface area contributed by atoms with E-state index in [1.165, 1.54) is 37.5 Å². The van der Waals surface area contributed by atoms with Gasteiger partial charge in [0.05, 0.1) is 10.6 Å². The van der Waals surface area contributed by atoms with E-state index in [-0.39, 0.29) is 22.7 Å². The minimum absolute atomic E-state index is 0.0238. The van der Waals surface area contributed by atoms with E-state index in [4.69, 9.17) is 16.7 Å². The number of benzene rings is 1. The van der Waals surface area contributed by atoms with Crippen molar-refractivity contribution in [3.05, 3.63) is 28.8 Å². The first-order chi connectivity index (χ1) is 10.0. The van der Waals surface area contributed by atoms with Gasteiger partial charge in [0.25, 0.3) is 0 Å². The van der Waals surface area contributed by atoms with Crippen LogP contribution in [-0.4, -0.2) is 23.1 Å². The predicted octanol–water partition coefficient (Wildman–Crippen LogP) is 3.35. The van der Waals surface area contributed by atoms with E-state index in [0.29, 0.717) is 11.6 Å². The molecule has 6 heteroatoms. The molecule has 2 aliphatic carbocycles. The fraction of sp³-hybridized carbons (Fsp3) is 0.467. The minimum Gasteiger partial charge on any atom is -0.478 e. The fourth-order valence-corrected chi connectivity index (χ4v) is 3.78. The summed E-state index contributed by atoms with van der Waals surface area (Å²) in [5.41, 5.74) is 0.515. The van der Waals surface area contributed by atoms with E-state index in [0.717, 1.165) is 12.3 Å². The van der Waals surface area contributed by atoms with E-state index in [2.05, 4.69) is 10.6 Å². The minimum atomic E-state index is -1.09. The summed E-state index contributed by atoms with van der Waals surface area (Å²) in [4.78, 5) is 22.9. The molecule has 3 atom stereocenters. The lowest BCUT2D eigenvalue weighted by atomic mass is 9.95. The highest BCUT2D eigenvalue weighted by Crippen LogP contribution is 2.44. The number of nitrogens with one attached hydrogen (secondary N) is 2. The Morgan fingerprint density at radius 2 is 2.05 bits per heavy atom. The summed E-state index contributed by atoms with van der Waals surface area (Å²) in [6.07, 6.45) is 4.78. The summed E-state index contributed by atoms with van der Waals surface area (Å²) in [6, 6.07) is 4.38. The van der Waals surface area contributed by atoms with Gasteiger partial charge in [0.15, 0.2) is 0 Å². The first kappa shape index (κ1) is 14.2. The SMILES string of the molecule is O=C(Nc1ccc(C(=O)O)c(Cl)c1)NC1CC2CCC1C2. The molecule has 0 radical (unpaired) electrons. The van der Waals surface area contributed by atoms with E-state index >= 15 is 0 Å². The van der Waals surface area contributed by atoms with Crippen molar-refractivity contribution < 1.29 is 14.7 Å². The van der Waals surface area contributed by atoms with Crippen molar-refractivity contribution in [2.45, 2.75) is 31.7 Å². The Kier molecular flexibility index (Phi) is 3.76. The molecular weight excluding hydrogens is 292 g/mol. The summed E-state index contributed by atoms with van der Waals surface area (Å²) in [5, 5.41) is 14.7. The predicted molar refractivity (Wildman–Crippen MR) is 79.8 cm³/mol. The molecule has 3 unspecified atom stereocenters. The van der Waals surface area contributed by atoms with Gasteiger partial charge in [0.1, 0.15) is 0 Å². The Balaban J connectivity index is 1.60. The molecule has 2 saturated carbocycles. The van der Waals surface area contributed by atoms with E-state index in [9.17, 15) is 9.59 Å². The van der Waals surface area contributed by atoms with Crippen molar-refractivity contribution >= 4 is 29.3 Å². The molecule has 2 amide bonds. The highest BCUT2D eigenvalue weighted by Gasteiger charge is 2.40. The van der Waals surface area contributed by atoms with Crippen LogP contribution in [0.3, 0.4) is 0 Å². The zero-order valence-electron chi connectivity index (χ0n) is 11.4. The van der Waals surface area contributed by atoms with Crippen LogP contribution >= 0.6 is 11.6 Å². The van der Waals surface area contributed by atoms with Crippen LogP contribution in [0.15, 0.2) is 18.2 Å². The third kappa shape index (κ3) is 2.97. The Morgan fingerprint density at radius 3 is 2.62 bits per heavy atom. The number of amides is 2. The highest BCUT2D eigenvalue weighted by molar-refractivity contribution is 6.33. The second kappa shape index (κ2) is 5.56. The van der Waals surface area contributed by atoms with Crippen LogP contribution in [0, 0.1) is 11.8 Å². The third-order valence-electron chi connectivity index (χ3n) is 4.51. The molecule has 3 rings (SSSR count). The lowest BCUT2D eigenvalue weighted by Gasteiger charge is -2.23. The number of carbonyl (C=O) groups excluding carboxylic acids is 1. The number of urea groups is 1. The van der Waals surface area contributed by atoms with Gasteiger partial charge in [-0.05, 0) is 49.3 Å². The third-order valence-corrected chi connectivity index (χ3v) is 4.82. The van der Waals surface area contributed by atoms with Crippen LogP contribution in [0.5, 0.6) is 0 Å². The van der Waals surface area contributed by atoms with Crippen molar-refractivity contribution in [1.82, 2.24) is 5.32 Å². The molecule has 2 fully saturated rings. The van der Waals surface area contributed by atoms with Gasteiger partial charge < -0.3 is 15.7 Å². The van der Waals surface area contributed by atoms with Crippen molar-refractivity contribution in [3.8, 4) is 0 Å². The highest BCUT2D eigenvalue weighted by atomic mass is 35.5. The molecule has 1 aromatic rings. The van der Waals surface area contributed by atoms with Crippen LogP contribution < -0.4 is 10.6 Å². The maximum absolute atomic E-state index is 12.0. The zero-order valence-corrected chi connectivity index (χ0v) is 12.2.